The first-order valence-electron chi connectivity index (χ1n) is 12.7. The number of hydrogen-bond donors (Lipinski definition) is 2. The van der Waals surface area contributed by atoms with E-state index in [1.54, 1.807) is 35.2 Å². The highest BCUT2D eigenvalue weighted by atomic mass is 16.5. The first-order chi connectivity index (χ1) is 18.3. The minimum absolute atomic E-state index is 0.103. The molecule has 204 valence electrons. The van der Waals surface area contributed by atoms with Crippen molar-refractivity contribution in [3.8, 4) is 11.5 Å². The highest BCUT2D eigenvalue weighted by molar-refractivity contribution is 5.97. The van der Waals surface area contributed by atoms with Gasteiger partial charge in [0.2, 0.25) is 0 Å². The van der Waals surface area contributed by atoms with Gasteiger partial charge in [0, 0.05) is 18.7 Å². The van der Waals surface area contributed by atoms with Crippen molar-refractivity contribution in [3.05, 3.63) is 59.2 Å². The van der Waals surface area contributed by atoms with Crippen molar-refractivity contribution in [2.24, 2.45) is 11.0 Å². The smallest absolute Gasteiger partial charge is 0.262 e. The van der Waals surface area contributed by atoms with E-state index in [4.69, 9.17) is 14.2 Å². The zero-order valence-corrected chi connectivity index (χ0v) is 22.4. The number of amides is 3. The molecule has 10 heteroatoms. The van der Waals surface area contributed by atoms with Gasteiger partial charge in [0.1, 0.15) is 6.04 Å². The zero-order chi connectivity index (χ0) is 27.5. The van der Waals surface area contributed by atoms with Crippen molar-refractivity contribution in [2.75, 3.05) is 39.5 Å². The SMILES string of the molecule is CCOc1cc(C=NNC(=O)C(NC(=O)c2ccc(C)cc2)C(C)C)ccc1OCC(=O)N1CCOCC1. The molecular weight excluding hydrogens is 488 g/mol. The number of hydrazone groups is 1. The van der Waals surface area contributed by atoms with Crippen LogP contribution >= 0.6 is 0 Å². The van der Waals surface area contributed by atoms with Gasteiger partial charge >= 0.3 is 0 Å². The first-order valence-corrected chi connectivity index (χ1v) is 12.7. The first kappa shape index (κ1) is 28.6. The van der Waals surface area contributed by atoms with E-state index in [2.05, 4.69) is 15.8 Å². The Kier molecular flexibility index (Phi) is 10.7. The molecule has 3 amide bonds. The third kappa shape index (κ3) is 8.31. The van der Waals surface area contributed by atoms with Crippen molar-refractivity contribution in [1.82, 2.24) is 15.6 Å². The standard InChI is InChI=1S/C28H36N4O6/c1-5-37-24-16-21(8-11-23(24)38-18-25(33)32-12-14-36-15-13-32)17-29-31-28(35)26(19(2)3)30-27(34)22-9-6-20(4)7-10-22/h6-11,16-17,19,26H,5,12-15,18H2,1-4H3,(H,30,34)(H,31,35). The molecular formula is C28H36N4O6. The van der Waals surface area contributed by atoms with E-state index in [-0.39, 0.29) is 24.3 Å². The lowest BCUT2D eigenvalue weighted by atomic mass is 10.0. The van der Waals surface area contributed by atoms with Crippen LogP contribution in [0.1, 0.15) is 42.3 Å². The maximum atomic E-state index is 12.8. The van der Waals surface area contributed by atoms with Crippen LogP contribution in [0.25, 0.3) is 0 Å². The van der Waals surface area contributed by atoms with Gasteiger partial charge in [-0.2, -0.15) is 5.10 Å². The van der Waals surface area contributed by atoms with Gasteiger partial charge in [-0.15, -0.1) is 0 Å². The minimum atomic E-state index is -0.764. The highest BCUT2D eigenvalue weighted by Gasteiger charge is 2.24. The molecule has 2 aromatic rings. The molecule has 1 unspecified atom stereocenters. The van der Waals surface area contributed by atoms with Crippen molar-refractivity contribution >= 4 is 23.9 Å². The van der Waals surface area contributed by atoms with Crippen LogP contribution in [0.4, 0.5) is 0 Å². The third-order valence-electron chi connectivity index (χ3n) is 5.92. The Bertz CT molecular complexity index is 1130. The molecule has 1 saturated heterocycles. The average Bonchev–Trinajstić information content (AvgIpc) is 2.91. The monoisotopic (exact) mass is 524 g/mol. The highest BCUT2D eigenvalue weighted by Crippen LogP contribution is 2.28. The summed E-state index contributed by atoms with van der Waals surface area (Å²) in [5.41, 5.74) is 4.69. The largest absolute Gasteiger partial charge is 0.490 e. The van der Waals surface area contributed by atoms with Crippen molar-refractivity contribution in [3.63, 3.8) is 0 Å². The number of morpholine rings is 1. The van der Waals surface area contributed by atoms with Crippen molar-refractivity contribution < 1.29 is 28.6 Å². The normalized spacial score (nSPS) is 14.3. The fourth-order valence-corrected chi connectivity index (χ4v) is 3.74. The van der Waals surface area contributed by atoms with Gasteiger partial charge in [-0.1, -0.05) is 31.5 Å². The van der Waals surface area contributed by atoms with Gasteiger partial charge in [0.25, 0.3) is 17.7 Å². The van der Waals surface area contributed by atoms with E-state index in [1.165, 1.54) is 6.21 Å². The van der Waals surface area contributed by atoms with E-state index in [1.807, 2.05) is 39.8 Å². The summed E-state index contributed by atoms with van der Waals surface area (Å²) in [6.07, 6.45) is 1.47. The molecule has 3 rings (SSSR count). The molecule has 38 heavy (non-hydrogen) atoms. The average molecular weight is 525 g/mol. The molecule has 1 fully saturated rings. The molecule has 0 radical (unpaired) electrons. The summed E-state index contributed by atoms with van der Waals surface area (Å²) in [5, 5.41) is 6.84. The molecule has 0 aliphatic carbocycles. The summed E-state index contributed by atoms with van der Waals surface area (Å²) >= 11 is 0. The van der Waals surface area contributed by atoms with Gasteiger partial charge in [-0.3, -0.25) is 14.4 Å². The molecule has 0 aromatic heterocycles. The predicted molar refractivity (Wildman–Crippen MR) is 144 cm³/mol. The van der Waals surface area contributed by atoms with Gasteiger partial charge in [-0.25, -0.2) is 5.43 Å². The maximum Gasteiger partial charge on any atom is 0.262 e. The van der Waals surface area contributed by atoms with E-state index in [9.17, 15) is 14.4 Å². The molecule has 1 heterocycles. The van der Waals surface area contributed by atoms with E-state index in [0.29, 0.717) is 55.5 Å². The summed E-state index contributed by atoms with van der Waals surface area (Å²) < 4.78 is 16.7. The van der Waals surface area contributed by atoms with Gasteiger partial charge in [0.15, 0.2) is 18.1 Å². The number of carbonyl (C=O) groups is 3. The number of carbonyl (C=O) groups excluding carboxylic acids is 3. The molecule has 0 saturated carbocycles. The van der Waals surface area contributed by atoms with Gasteiger partial charge < -0.3 is 24.4 Å². The Balaban J connectivity index is 1.59. The molecule has 0 bridgehead atoms. The molecule has 1 aliphatic heterocycles. The van der Waals surface area contributed by atoms with E-state index < -0.39 is 11.9 Å². The van der Waals surface area contributed by atoms with E-state index >= 15 is 0 Å². The second-order valence-electron chi connectivity index (χ2n) is 9.22. The number of benzene rings is 2. The zero-order valence-electron chi connectivity index (χ0n) is 22.4. The number of nitrogens with zero attached hydrogens (tertiary/aromatic N) is 2. The van der Waals surface area contributed by atoms with Gasteiger partial charge in [0.05, 0.1) is 26.0 Å². The Labute approximate surface area is 223 Å². The van der Waals surface area contributed by atoms with E-state index in [0.717, 1.165) is 5.56 Å². The lowest BCUT2D eigenvalue weighted by molar-refractivity contribution is -0.137. The van der Waals surface area contributed by atoms with Crippen LogP contribution in [0.2, 0.25) is 0 Å². The van der Waals surface area contributed by atoms with Crippen LogP contribution in [0, 0.1) is 12.8 Å². The van der Waals surface area contributed by atoms with Crippen LogP contribution in [0.15, 0.2) is 47.6 Å². The molecule has 2 aromatic carbocycles. The molecule has 1 atom stereocenters. The maximum absolute atomic E-state index is 12.8. The predicted octanol–water partition coefficient (Wildman–Crippen LogP) is 2.54. The van der Waals surface area contributed by atoms with Crippen LogP contribution in [0.3, 0.4) is 0 Å². The minimum Gasteiger partial charge on any atom is -0.490 e. The topological polar surface area (TPSA) is 119 Å². The summed E-state index contributed by atoms with van der Waals surface area (Å²) in [6.45, 7) is 9.94. The summed E-state index contributed by atoms with van der Waals surface area (Å²) in [6, 6.07) is 11.5. The van der Waals surface area contributed by atoms with Crippen molar-refractivity contribution in [2.45, 2.75) is 33.7 Å². The fourth-order valence-electron chi connectivity index (χ4n) is 3.74. The third-order valence-corrected chi connectivity index (χ3v) is 5.92. The Hall–Kier alpha value is -3.92. The quantitative estimate of drug-likeness (QED) is 0.345. The van der Waals surface area contributed by atoms with Crippen LogP contribution in [-0.4, -0.2) is 74.4 Å². The summed E-state index contributed by atoms with van der Waals surface area (Å²) in [7, 11) is 0. The van der Waals surface area contributed by atoms with Crippen LogP contribution in [-0.2, 0) is 14.3 Å². The molecule has 1 aliphatic rings. The second-order valence-corrected chi connectivity index (χ2v) is 9.22. The lowest BCUT2D eigenvalue weighted by Gasteiger charge is -2.26. The van der Waals surface area contributed by atoms with Gasteiger partial charge in [-0.05, 0) is 55.7 Å². The van der Waals surface area contributed by atoms with Crippen LogP contribution < -0.4 is 20.2 Å². The number of hydrogen-bond acceptors (Lipinski definition) is 7. The molecule has 2 N–H and O–H groups in total. The molecule has 10 nitrogen and oxygen atoms in total. The fraction of sp³-hybridized carbons (Fsp3) is 0.429. The number of aryl methyl sites for hydroxylation is 1. The Morgan fingerprint density at radius 1 is 1.05 bits per heavy atom. The lowest BCUT2D eigenvalue weighted by Crippen LogP contribution is -2.48. The van der Waals surface area contributed by atoms with Crippen molar-refractivity contribution in [1.29, 1.82) is 0 Å². The number of nitrogens with one attached hydrogen (secondary N) is 2. The number of rotatable bonds is 11. The van der Waals surface area contributed by atoms with Crippen LogP contribution in [0.5, 0.6) is 11.5 Å². The summed E-state index contributed by atoms with van der Waals surface area (Å²) in [5.74, 6) is -0.120. The number of ether oxygens (including phenoxy) is 3. The molecule has 0 spiro atoms. The second kappa shape index (κ2) is 14.1. The Morgan fingerprint density at radius 3 is 2.42 bits per heavy atom. The Morgan fingerprint density at radius 2 is 1.76 bits per heavy atom. The summed E-state index contributed by atoms with van der Waals surface area (Å²) in [4.78, 5) is 39.5.